The summed E-state index contributed by atoms with van der Waals surface area (Å²) < 4.78 is 4.31. The third-order valence-corrected chi connectivity index (χ3v) is 2.04. The van der Waals surface area contributed by atoms with E-state index in [-0.39, 0.29) is 0 Å². The lowest BCUT2D eigenvalue weighted by molar-refractivity contribution is -0.152. The Morgan fingerprint density at radius 2 is 1.75 bits per heavy atom. The van der Waals surface area contributed by atoms with Crippen molar-refractivity contribution in [1.82, 2.24) is 0 Å². The van der Waals surface area contributed by atoms with Crippen LogP contribution in [0.4, 0.5) is 0 Å². The minimum Gasteiger partial charge on any atom is -0.463 e. The average Bonchev–Trinajstić information content (AvgIpc) is 2.12. The van der Waals surface area contributed by atoms with Gasteiger partial charge in [-0.15, -0.1) is 0 Å². The van der Waals surface area contributed by atoms with Crippen molar-refractivity contribution in [2.45, 2.75) is 33.1 Å². The molecular formula is C9H16O3. The van der Waals surface area contributed by atoms with Crippen molar-refractivity contribution in [1.29, 1.82) is 0 Å². The molecular weight excluding hydrogens is 156 g/mol. The Morgan fingerprint density at radius 3 is 2.08 bits per heavy atom. The summed E-state index contributed by atoms with van der Waals surface area (Å²) in [6.07, 6.45) is 2.18. The molecule has 0 aromatic heterocycles. The molecule has 0 saturated carbocycles. The molecule has 0 bridgehead atoms. The molecule has 0 atom stereocenters. The van der Waals surface area contributed by atoms with Crippen molar-refractivity contribution in [2.24, 2.45) is 5.92 Å². The topological polar surface area (TPSA) is 43.4 Å². The maximum Gasteiger partial charge on any atom is 0.374 e. The third-order valence-electron chi connectivity index (χ3n) is 2.04. The summed E-state index contributed by atoms with van der Waals surface area (Å²) in [5, 5.41) is 0. The molecule has 3 nitrogen and oxygen atoms in total. The van der Waals surface area contributed by atoms with E-state index in [0.717, 1.165) is 12.8 Å². The predicted octanol–water partition coefficient (Wildman–Crippen LogP) is 1.55. The maximum absolute atomic E-state index is 11.0. The van der Waals surface area contributed by atoms with Crippen LogP contribution in [0.3, 0.4) is 0 Å². The van der Waals surface area contributed by atoms with Gasteiger partial charge in [0.05, 0.1) is 7.11 Å². The van der Waals surface area contributed by atoms with Crippen LogP contribution < -0.4 is 0 Å². The van der Waals surface area contributed by atoms with Crippen molar-refractivity contribution in [3.05, 3.63) is 0 Å². The first-order chi connectivity index (χ1) is 5.65. The minimum absolute atomic E-state index is 0.316. The fourth-order valence-electron chi connectivity index (χ4n) is 1.04. The van der Waals surface area contributed by atoms with Crippen molar-refractivity contribution < 1.29 is 14.3 Å². The van der Waals surface area contributed by atoms with Gasteiger partial charge in [-0.2, -0.15) is 0 Å². The molecule has 12 heavy (non-hydrogen) atoms. The molecule has 0 rings (SSSR count). The van der Waals surface area contributed by atoms with Crippen molar-refractivity contribution in [2.75, 3.05) is 7.11 Å². The number of methoxy groups -OCH3 is 1. The maximum atomic E-state index is 11.0. The summed E-state index contributed by atoms with van der Waals surface area (Å²) in [5.74, 6) is -0.815. The van der Waals surface area contributed by atoms with Crippen LogP contribution >= 0.6 is 0 Å². The standard InChI is InChI=1S/C9H16O3/c1-4-7(5-2)6-8(10)9(11)12-3/h7H,4-6H2,1-3H3. The van der Waals surface area contributed by atoms with Gasteiger partial charge in [-0.3, -0.25) is 4.79 Å². The van der Waals surface area contributed by atoms with E-state index in [2.05, 4.69) is 4.74 Å². The molecule has 0 unspecified atom stereocenters. The molecule has 3 heteroatoms. The normalized spacial score (nSPS) is 10.0. The van der Waals surface area contributed by atoms with Crippen LogP contribution in [-0.2, 0) is 14.3 Å². The number of Topliss-reactive ketones (excluding diaryl/α,β-unsaturated/α-hetero) is 1. The summed E-state index contributed by atoms with van der Waals surface area (Å²) in [6, 6.07) is 0. The lowest BCUT2D eigenvalue weighted by Crippen LogP contribution is -2.18. The molecule has 0 N–H and O–H groups in total. The Bertz CT molecular complexity index is 159. The van der Waals surface area contributed by atoms with Gasteiger partial charge in [-0.25, -0.2) is 4.79 Å². The number of hydrogen-bond donors (Lipinski definition) is 0. The second-order valence-electron chi connectivity index (χ2n) is 2.80. The van der Waals surface area contributed by atoms with Crippen LogP contribution in [-0.4, -0.2) is 18.9 Å². The predicted molar refractivity (Wildman–Crippen MR) is 45.7 cm³/mol. The number of ether oxygens (including phenoxy) is 1. The highest BCUT2D eigenvalue weighted by Gasteiger charge is 2.17. The molecule has 0 aromatic carbocycles. The van der Waals surface area contributed by atoms with E-state index in [4.69, 9.17) is 0 Å². The molecule has 0 aliphatic rings. The van der Waals surface area contributed by atoms with E-state index < -0.39 is 11.8 Å². The summed E-state index contributed by atoms with van der Waals surface area (Å²) >= 11 is 0. The van der Waals surface area contributed by atoms with Crippen molar-refractivity contribution in [3.8, 4) is 0 Å². The van der Waals surface area contributed by atoms with Crippen LogP contribution in [0.2, 0.25) is 0 Å². The largest absolute Gasteiger partial charge is 0.463 e. The van der Waals surface area contributed by atoms with E-state index in [1.54, 1.807) is 0 Å². The number of carbonyl (C=O) groups is 2. The van der Waals surface area contributed by atoms with E-state index in [1.165, 1.54) is 7.11 Å². The zero-order valence-electron chi connectivity index (χ0n) is 7.92. The van der Waals surface area contributed by atoms with Gasteiger partial charge in [0, 0.05) is 6.42 Å². The Hall–Kier alpha value is -0.860. The quantitative estimate of drug-likeness (QED) is 0.467. The average molecular weight is 172 g/mol. The van der Waals surface area contributed by atoms with E-state index in [0.29, 0.717) is 12.3 Å². The van der Waals surface area contributed by atoms with E-state index in [1.807, 2.05) is 13.8 Å². The second-order valence-corrected chi connectivity index (χ2v) is 2.80. The highest BCUT2D eigenvalue weighted by atomic mass is 16.5. The first kappa shape index (κ1) is 11.1. The zero-order chi connectivity index (χ0) is 9.56. The molecule has 0 aliphatic carbocycles. The first-order valence-electron chi connectivity index (χ1n) is 4.26. The Labute approximate surface area is 73.1 Å². The van der Waals surface area contributed by atoms with Crippen LogP contribution in [0.1, 0.15) is 33.1 Å². The molecule has 0 aliphatic heterocycles. The Balaban J connectivity index is 3.89. The molecule has 0 spiro atoms. The number of hydrogen-bond acceptors (Lipinski definition) is 3. The number of rotatable bonds is 5. The summed E-state index contributed by atoms with van der Waals surface area (Å²) in [4.78, 5) is 21.7. The van der Waals surface area contributed by atoms with Crippen molar-refractivity contribution >= 4 is 11.8 Å². The Kier molecular flexibility index (Phi) is 5.34. The smallest absolute Gasteiger partial charge is 0.374 e. The fourth-order valence-corrected chi connectivity index (χ4v) is 1.04. The highest BCUT2D eigenvalue weighted by molar-refractivity contribution is 6.33. The van der Waals surface area contributed by atoms with Crippen LogP contribution in [0.25, 0.3) is 0 Å². The van der Waals surface area contributed by atoms with E-state index in [9.17, 15) is 9.59 Å². The van der Waals surface area contributed by atoms with Gasteiger partial charge in [-0.1, -0.05) is 26.7 Å². The fraction of sp³-hybridized carbons (Fsp3) is 0.778. The Morgan fingerprint density at radius 1 is 1.25 bits per heavy atom. The lowest BCUT2D eigenvalue weighted by atomic mass is 9.97. The highest BCUT2D eigenvalue weighted by Crippen LogP contribution is 2.12. The summed E-state index contributed by atoms with van der Waals surface area (Å²) in [6.45, 7) is 4.03. The van der Waals surface area contributed by atoms with Crippen molar-refractivity contribution in [3.63, 3.8) is 0 Å². The SMILES string of the molecule is CCC(CC)CC(=O)C(=O)OC. The van der Waals surface area contributed by atoms with Gasteiger partial charge in [0.25, 0.3) is 0 Å². The number of ketones is 1. The summed E-state index contributed by atoms with van der Waals surface area (Å²) in [5.41, 5.74) is 0. The molecule has 70 valence electrons. The van der Waals surface area contributed by atoms with E-state index >= 15 is 0 Å². The van der Waals surface area contributed by atoms with Crippen LogP contribution in [0.5, 0.6) is 0 Å². The summed E-state index contributed by atoms with van der Waals surface area (Å²) in [7, 11) is 1.23. The molecule has 0 aromatic rings. The third kappa shape index (κ3) is 3.51. The molecule has 0 fully saturated rings. The van der Waals surface area contributed by atoms with Gasteiger partial charge in [0.15, 0.2) is 0 Å². The monoisotopic (exact) mass is 172 g/mol. The van der Waals surface area contributed by atoms with Gasteiger partial charge < -0.3 is 4.74 Å². The lowest BCUT2D eigenvalue weighted by Gasteiger charge is -2.08. The molecule has 0 radical (unpaired) electrons. The zero-order valence-corrected chi connectivity index (χ0v) is 7.92. The van der Waals surface area contributed by atoms with Gasteiger partial charge in [-0.05, 0) is 5.92 Å². The van der Waals surface area contributed by atoms with Crippen LogP contribution in [0.15, 0.2) is 0 Å². The van der Waals surface area contributed by atoms with Gasteiger partial charge in [0.1, 0.15) is 0 Å². The van der Waals surface area contributed by atoms with Gasteiger partial charge in [0.2, 0.25) is 5.78 Å². The minimum atomic E-state index is -0.720. The first-order valence-corrected chi connectivity index (χ1v) is 4.26. The van der Waals surface area contributed by atoms with Crippen LogP contribution in [0, 0.1) is 5.92 Å². The molecule has 0 heterocycles. The molecule has 0 saturated heterocycles. The molecule has 0 amide bonds. The number of carbonyl (C=O) groups excluding carboxylic acids is 2. The second kappa shape index (κ2) is 5.75. The number of esters is 1. The van der Waals surface area contributed by atoms with Gasteiger partial charge >= 0.3 is 5.97 Å².